The van der Waals surface area contributed by atoms with Crippen LogP contribution in [0.15, 0.2) is 104 Å². The summed E-state index contributed by atoms with van der Waals surface area (Å²) in [6.45, 7) is 5.09. The number of hydrogen-bond acceptors (Lipinski definition) is 8. The first-order valence-corrected chi connectivity index (χ1v) is 15.6. The summed E-state index contributed by atoms with van der Waals surface area (Å²) in [5.74, 6) is 0.855. The zero-order valence-corrected chi connectivity index (χ0v) is 26.1. The molecule has 0 saturated carbocycles. The van der Waals surface area contributed by atoms with Crippen LogP contribution in [0.25, 0.3) is 33.5 Å². The number of H-pyrrole nitrogens is 1. The third kappa shape index (κ3) is 6.63. The molecule has 1 aliphatic rings. The number of methoxy groups -OCH3 is 1. The van der Waals surface area contributed by atoms with E-state index in [0.717, 1.165) is 56.0 Å². The van der Waals surface area contributed by atoms with Gasteiger partial charge in [-0.1, -0.05) is 18.2 Å². The highest BCUT2D eigenvalue weighted by Crippen LogP contribution is 2.35. The SMILES string of the molecule is COc1ncccc1-c1ccc(O)c(-c2nc3ccc(C(=O)Nc4ccc(CCN5CCN(c6ccncc6)CC5)cc4)cc3[nH]2)c1. The number of phenols is 1. The van der Waals surface area contributed by atoms with Gasteiger partial charge in [0, 0.05) is 73.8 Å². The van der Waals surface area contributed by atoms with Gasteiger partial charge in [-0.15, -0.1) is 0 Å². The summed E-state index contributed by atoms with van der Waals surface area (Å²) in [5, 5.41) is 13.7. The average molecular weight is 626 g/mol. The minimum Gasteiger partial charge on any atom is -0.507 e. The summed E-state index contributed by atoms with van der Waals surface area (Å²) in [5.41, 5.74) is 7.24. The van der Waals surface area contributed by atoms with Crippen LogP contribution in [0.1, 0.15) is 15.9 Å². The number of amides is 1. The normalized spacial score (nSPS) is 13.5. The lowest BCUT2D eigenvalue weighted by Crippen LogP contribution is -2.47. The number of anilines is 2. The quantitative estimate of drug-likeness (QED) is 0.179. The molecular weight excluding hydrogens is 590 g/mol. The van der Waals surface area contributed by atoms with Crippen molar-refractivity contribution in [3.8, 4) is 34.1 Å². The summed E-state index contributed by atoms with van der Waals surface area (Å²) < 4.78 is 5.42. The zero-order chi connectivity index (χ0) is 32.2. The number of nitrogens with one attached hydrogen (secondary N) is 2. The largest absolute Gasteiger partial charge is 0.507 e. The molecular formula is C37H35N7O3. The Balaban J connectivity index is 0.977. The third-order valence-electron chi connectivity index (χ3n) is 8.60. The molecule has 6 aromatic rings. The van der Waals surface area contributed by atoms with E-state index in [1.165, 1.54) is 11.3 Å². The van der Waals surface area contributed by atoms with Gasteiger partial charge < -0.3 is 25.0 Å². The van der Waals surface area contributed by atoms with Gasteiger partial charge in [-0.2, -0.15) is 0 Å². The van der Waals surface area contributed by atoms with Gasteiger partial charge in [-0.25, -0.2) is 9.97 Å². The topological polar surface area (TPSA) is 120 Å². The van der Waals surface area contributed by atoms with Crippen LogP contribution in [-0.2, 0) is 6.42 Å². The van der Waals surface area contributed by atoms with Crippen molar-refractivity contribution >= 4 is 28.3 Å². The van der Waals surface area contributed by atoms with Crippen molar-refractivity contribution in [2.75, 3.05) is 50.1 Å². The molecule has 7 rings (SSSR count). The maximum absolute atomic E-state index is 13.2. The van der Waals surface area contributed by atoms with Gasteiger partial charge in [0.05, 0.1) is 23.7 Å². The van der Waals surface area contributed by atoms with E-state index < -0.39 is 0 Å². The number of aromatic hydroxyl groups is 1. The first-order chi connectivity index (χ1) is 23.0. The molecule has 0 atom stereocenters. The number of carbonyl (C=O) groups excluding carboxylic acids is 1. The lowest BCUT2D eigenvalue weighted by atomic mass is 10.0. The third-order valence-corrected chi connectivity index (χ3v) is 8.60. The first-order valence-electron chi connectivity index (χ1n) is 15.6. The fourth-order valence-corrected chi connectivity index (χ4v) is 5.97. The number of rotatable bonds is 9. The maximum Gasteiger partial charge on any atom is 0.255 e. The summed E-state index contributed by atoms with van der Waals surface area (Å²) in [4.78, 5) is 34.4. The monoisotopic (exact) mass is 625 g/mol. The molecule has 3 N–H and O–H groups in total. The summed E-state index contributed by atoms with van der Waals surface area (Å²) in [6.07, 6.45) is 6.31. The Kier molecular flexibility index (Phi) is 8.48. The lowest BCUT2D eigenvalue weighted by molar-refractivity contribution is 0.102. The fourth-order valence-electron chi connectivity index (χ4n) is 5.97. The van der Waals surface area contributed by atoms with Crippen LogP contribution in [0.3, 0.4) is 0 Å². The van der Waals surface area contributed by atoms with Crippen molar-refractivity contribution in [3.05, 3.63) is 115 Å². The average Bonchev–Trinajstić information content (AvgIpc) is 3.55. The van der Waals surface area contributed by atoms with Gasteiger partial charge in [-0.05, 0) is 84.3 Å². The number of aromatic amines is 1. The summed E-state index contributed by atoms with van der Waals surface area (Å²) >= 11 is 0. The van der Waals surface area contributed by atoms with E-state index in [4.69, 9.17) is 4.74 Å². The molecule has 10 nitrogen and oxygen atoms in total. The Morgan fingerprint density at radius 3 is 2.51 bits per heavy atom. The molecule has 47 heavy (non-hydrogen) atoms. The van der Waals surface area contributed by atoms with E-state index in [1.807, 2.05) is 48.8 Å². The second-order valence-electron chi connectivity index (χ2n) is 11.5. The predicted octanol–water partition coefficient (Wildman–Crippen LogP) is 6.02. The van der Waals surface area contributed by atoms with E-state index in [2.05, 4.69) is 59.3 Å². The van der Waals surface area contributed by atoms with Crippen molar-refractivity contribution in [2.45, 2.75) is 6.42 Å². The highest BCUT2D eigenvalue weighted by atomic mass is 16.5. The molecule has 0 bridgehead atoms. The number of carbonyl (C=O) groups is 1. The number of imidazole rings is 1. The molecule has 1 fully saturated rings. The Bertz CT molecular complexity index is 2000. The van der Waals surface area contributed by atoms with Gasteiger partial charge >= 0.3 is 0 Å². The molecule has 3 aromatic carbocycles. The Hall–Kier alpha value is -5.74. The minimum absolute atomic E-state index is 0.0840. The zero-order valence-electron chi connectivity index (χ0n) is 26.1. The molecule has 1 aliphatic heterocycles. The van der Waals surface area contributed by atoms with Crippen LogP contribution in [0.5, 0.6) is 11.6 Å². The van der Waals surface area contributed by atoms with E-state index in [-0.39, 0.29) is 11.7 Å². The summed E-state index contributed by atoms with van der Waals surface area (Å²) in [6, 6.07) is 26.5. The number of hydrogen-bond donors (Lipinski definition) is 3. The van der Waals surface area contributed by atoms with E-state index in [0.29, 0.717) is 33.9 Å². The highest BCUT2D eigenvalue weighted by Gasteiger charge is 2.18. The van der Waals surface area contributed by atoms with Crippen molar-refractivity contribution in [3.63, 3.8) is 0 Å². The Morgan fingerprint density at radius 2 is 1.72 bits per heavy atom. The number of aromatic nitrogens is 4. The second kappa shape index (κ2) is 13.3. The number of nitrogens with zero attached hydrogens (tertiary/aromatic N) is 5. The van der Waals surface area contributed by atoms with Crippen LogP contribution < -0.4 is 15.0 Å². The van der Waals surface area contributed by atoms with Gasteiger partial charge in [0.15, 0.2) is 0 Å². The van der Waals surface area contributed by atoms with Gasteiger partial charge in [0.2, 0.25) is 5.88 Å². The number of piperazine rings is 1. The van der Waals surface area contributed by atoms with Crippen LogP contribution in [0.2, 0.25) is 0 Å². The van der Waals surface area contributed by atoms with Crippen molar-refractivity contribution in [1.82, 2.24) is 24.8 Å². The predicted molar refractivity (Wildman–Crippen MR) is 184 cm³/mol. The van der Waals surface area contributed by atoms with Crippen molar-refractivity contribution < 1.29 is 14.6 Å². The highest BCUT2D eigenvalue weighted by molar-refractivity contribution is 6.06. The fraction of sp³-hybridized carbons (Fsp3) is 0.189. The standard InChI is InChI=1S/C37H35N7O3/c1-47-37-30(3-2-15-39-37)26-7-11-34(45)31(23-26)35-41-32-10-6-27(24-33(32)42-35)36(46)40-28-8-4-25(5-9-28)14-18-43-19-21-44(22-20-43)29-12-16-38-17-13-29/h2-13,15-17,23-24,45H,14,18-22H2,1H3,(H,40,46)(H,41,42). The van der Waals surface area contributed by atoms with Crippen LogP contribution in [-0.4, -0.2) is 75.7 Å². The lowest BCUT2D eigenvalue weighted by Gasteiger charge is -2.36. The van der Waals surface area contributed by atoms with Crippen LogP contribution in [0.4, 0.5) is 11.4 Å². The van der Waals surface area contributed by atoms with E-state index >= 15 is 0 Å². The molecule has 1 saturated heterocycles. The van der Waals surface area contributed by atoms with Crippen molar-refractivity contribution in [2.24, 2.45) is 0 Å². The molecule has 0 spiro atoms. The molecule has 10 heteroatoms. The van der Waals surface area contributed by atoms with Crippen LogP contribution >= 0.6 is 0 Å². The maximum atomic E-state index is 13.2. The van der Waals surface area contributed by atoms with E-state index in [9.17, 15) is 9.90 Å². The molecule has 0 aliphatic carbocycles. The second-order valence-corrected chi connectivity index (χ2v) is 11.5. The van der Waals surface area contributed by atoms with Gasteiger partial charge in [0.25, 0.3) is 5.91 Å². The number of benzene rings is 3. The Morgan fingerprint density at radius 1 is 0.915 bits per heavy atom. The number of phenolic OH excluding ortho intramolecular Hbond substituents is 1. The minimum atomic E-state index is -0.212. The van der Waals surface area contributed by atoms with Crippen molar-refractivity contribution in [1.29, 1.82) is 0 Å². The molecule has 0 radical (unpaired) electrons. The summed E-state index contributed by atoms with van der Waals surface area (Å²) in [7, 11) is 1.57. The molecule has 1 amide bonds. The molecule has 0 unspecified atom stereocenters. The first kappa shape index (κ1) is 29.9. The molecule has 4 heterocycles. The van der Waals surface area contributed by atoms with Gasteiger partial charge in [0.1, 0.15) is 11.6 Å². The molecule has 236 valence electrons. The van der Waals surface area contributed by atoms with E-state index in [1.54, 1.807) is 37.6 Å². The molecule has 3 aromatic heterocycles. The number of ether oxygens (including phenoxy) is 1. The van der Waals surface area contributed by atoms with Crippen LogP contribution in [0, 0.1) is 0 Å². The Labute approximate surface area is 272 Å². The number of fused-ring (bicyclic) bond motifs is 1. The van der Waals surface area contributed by atoms with Gasteiger partial charge in [-0.3, -0.25) is 14.7 Å². The number of pyridine rings is 2. The smallest absolute Gasteiger partial charge is 0.255 e.